The van der Waals surface area contributed by atoms with E-state index in [9.17, 15) is 9.59 Å². The summed E-state index contributed by atoms with van der Waals surface area (Å²) in [4.78, 5) is 28.4. The van der Waals surface area contributed by atoms with Crippen LogP contribution in [0, 0.1) is 5.41 Å². The molecule has 2 heterocycles. The van der Waals surface area contributed by atoms with E-state index in [2.05, 4.69) is 51.5 Å². The lowest BCUT2D eigenvalue weighted by Gasteiger charge is -2.33. The Hall–Kier alpha value is -2.66. The van der Waals surface area contributed by atoms with Crippen LogP contribution in [0.15, 0.2) is 48.5 Å². The van der Waals surface area contributed by atoms with Gasteiger partial charge >= 0.3 is 0 Å². The Morgan fingerprint density at radius 1 is 1.03 bits per heavy atom. The maximum absolute atomic E-state index is 12.6. The average molecular weight is 406 g/mol. The number of nitrogens with zero attached hydrogens (tertiary/aromatic N) is 2. The normalized spacial score (nSPS) is 21.3. The van der Waals surface area contributed by atoms with Crippen LogP contribution < -0.4 is 5.32 Å². The van der Waals surface area contributed by atoms with Gasteiger partial charge in [-0.1, -0.05) is 43.3 Å². The van der Waals surface area contributed by atoms with Crippen molar-refractivity contribution in [3.05, 3.63) is 65.2 Å². The number of rotatable bonds is 4. The summed E-state index contributed by atoms with van der Waals surface area (Å²) in [6.07, 6.45) is 2.70. The van der Waals surface area contributed by atoms with Crippen molar-refractivity contribution in [2.75, 3.05) is 25.0 Å². The molecule has 2 aliphatic rings. The summed E-state index contributed by atoms with van der Waals surface area (Å²) in [6, 6.07) is 16.7. The first-order valence-corrected chi connectivity index (χ1v) is 10.9. The van der Waals surface area contributed by atoms with Crippen LogP contribution >= 0.6 is 0 Å². The van der Waals surface area contributed by atoms with Gasteiger partial charge in [0.15, 0.2) is 0 Å². The van der Waals surface area contributed by atoms with Crippen molar-refractivity contribution in [1.29, 1.82) is 0 Å². The van der Waals surface area contributed by atoms with Crippen molar-refractivity contribution in [3.8, 4) is 0 Å². The number of anilines is 1. The first-order chi connectivity index (χ1) is 14.5. The number of carbonyl (C=O) groups excluding carboxylic acids is 2. The van der Waals surface area contributed by atoms with Gasteiger partial charge in [0.05, 0.1) is 0 Å². The van der Waals surface area contributed by atoms with Crippen LogP contribution in [0.5, 0.6) is 0 Å². The number of hydrogen-bond donors (Lipinski definition) is 1. The van der Waals surface area contributed by atoms with E-state index in [1.807, 2.05) is 19.1 Å². The zero-order chi connectivity index (χ0) is 21.1. The van der Waals surface area contributed by atoms with E-state index < -0.39 is 0 Å². The molecule has 1 fully saturated rings. The Morgan fingerprint density at radius 3 is 2.47 bits per heavy atom. The monoisotopic (exact) mass is 405 g/mol. The maximum Gasteiger partial charge on any atom is 0.222 e. The minimum atomic E-state index is -0.0518. The van der Waals surface area contributed by atoms with Crippen molar-refractivity contribution in [1.82, 2.24) is 9.80 Å². The molecule has 158 valence electrons. The molecule has 1 spiro atoms. The Morgan fingerprint density at radius 2 is 1.77 bits per heavy atom. The number of hydrogen-bond acceptors (Lipinski definition) is 3. The lowest BCUT2D eigenvalue weighted by Crippen LogP contribution is -2.41. The van der Waals surface area contributed by atoms with Gasteiger partial charge in [-0.05, 0) is 48.2 Å². The predicted molar refractivity (Wildman–Crippen MR) is 119 cm³/mol. The summed E-state index contributed by atoms with van der Waals surface area (Å²) in [6.45, 7) is 7.99. The summed E-state index contributed by atoms with van der Waals surface area (Å²) < 4.78 is 0. The molecular formula is C25H31N3O2. The Labute approximate surface area is 179 Å². The summed E-state index contributed by atoms with van der Waals surface area (Å²) in [5, 5.41) is 2.82. The maximum atomic E-state index is 12.6. The van der Waals surface area contributed by atoms with Crippen LogP contribution in [-0.4, -0.2) is 41.2 Å². The lowest BCUT2D eigenvalue weighted by molar-refractivity contribution is -0.133. The first-order valence-electron chi connectivity index (χ1n) is 10.9. The molecule has 2 aromatic rings. The average Bonchev–Trinajstić information content (AvgIpc) is 3.02. The van der Waals surface area contributed by atoms with Gasteiger partial charge in [0.2, 0.25) is 11.8 Å². The van der Waals surface area contributed by atoms with Gasteiger partial charge < -0.3 is 10.2 Å². The predicted octanol–water partition coefficient (Wildman–Crippen LogP) is 3.83. The fourth-order valence-electron chi connectivity index (χ4n) is 5.00. The molecule has 1 saturated heterocycles. The van der Waals surface area contributed by atoms with Gasteiger partial charge in [0.1, 0.15) is 0 Å². The second-order valence-electron chi connectivity index (χ2n) is 8.89. The second kappa shape index (κ2) is 8.60. The molecule has 1 unspecified atom stereocenters. The van der Waals surface area contributed by atoms with E-state index in [0.29, 0.717) is 6.42 Å². The zero-order valence-corrected chi connectivity index (χ0v) is 18.0. The Balaban J connectivity index is 1.49. The molecule has 4 rings (SSSR count). The number of fused-ring (bicyclic) bond motifs is 1. The highest BCUT2D eigenvalue weighted by Crippen LogP contribution is 2.39. The van der Waals surface area contributed by atoms with Crippen molar-refractivity contribution in [3.63, 3.8) is 0 Å². The van der Waals surface area contributed by atoms with E-state index in [1.54, 1.807) is 0 Å². The number of likely N-dealkylation sites (tertiary alicyclic amines) is 1. The van der Waals surface area contributed by atoms with E-state index >= 15 is 0 Å². The van der Waals surface area contributed by atoms with Crippen LogP contribution in [0.25, 0.3) is 0 Å². The molecule has 5 heteroatoms. The molecule has 0 bridgehead atoms. The van der Waals surface area contributed by atoms with E-state index in [-0.39, 0.29) is 17.2 Å². The standard InChI is InChI=1S/C25H31N3O2/c1-3-24(30)28-16-22-7-5-4-6-21(22)14-25(18-28)12-13-27(17-25)15-20-8-10-23(11-9-20)26-19(2)29/h4-11H,3,12-18H2,1-2H3,(H,26,29). The van der Waals surface area contributed by atoms with Crippen LogP contribution in [0.4, 0.5) is 5.69 Å². The van der Waals surface area contributed by atoms with Crippen molar-refractivity contribution < 1.29 is 9.59 Å². The van der Waals surface area contributed by atoms with Gasteiger partial charge in [0.25, 0.3) is 0 Å². The molecule has 1 atom stereocenters. The Bertz CT molecular complexity index is 924. The van der Waals surface area contributed by atoms with E-state index in [0.717, 1.165) is 51.3 Å². The summed E-state index contributed by atoms with van der Waals surface area (Å²) in [5.41, 5.74) is 4.89. The molecular weight excluding hydrogens is 374 g/mol. The number of amides is 2. The van der Waals surface area contributed by atoms with Gasteiger partial charge in [-0.15, -0.1) is 0 Å². The molecule has 2 amide bonds. The smallest absolute Gasteiger partial charge is 0.222 e. The number of nitrogens with one attached hydrogen (secondary N) is 1. The van der Waals surface area contributed by atoms with Gasteiger partial charge in [0, 0.05) is 50.6 Å². The van der Waals surface area contributed by atoms with Gasteiger partial charge in [-0.2, -0.15) is 0 Å². The van der Waals surface area contributed by atoms with Crippen LogP contribution in [0.3, 0.4) is 0 Å². The molecule has 2 aliphatic heterocycles. The molecule has 2 aromatic carbocycles. The van der Waals surface area contributed by atoms with Crippen LogP contribution in [0.2, 0.25) is 0 Å². The van der Waals surface area contributed by atoms with E-state index in [1.165, 1.54) is 23.6 Å². The molecule has 0 aliphatic carbocycles. The summed E-state index contributed by atoms with van der Waals surface area (Å²) >= 11 is 0. The fourth-order valence-corrected chi connectivity index (χ4v) is 5.00. The molecule has 0 saturated carbocycles. The highest BCUT2D eigenvalue weighted by atomic mass is 16.2. The molecule has 0 radical (unpaired) electrons. The zero-order valence-electron chi connectivity index (χ0n) is 18.0. The lowest BCUT2D eigenvalue weighted by atomic mass is 9.80. The highest BCUT2D eigenvalue weighted by molar-refractivity contribution is 5.88. The quantitative estimate of drug-likeness (QED) is 0.841. The number of benzene rings is 2. The first kappa shape index (κ1) is 20.6. The van der Waals surface area contributed by atoms with Crippen molar-refractivity contribution in [2.45, 2.75) is 46.2 Å². The fraction of sp³-hybridized carbons (Fsp3) is 0.440. The molecule has 30 heavy (non-hydrogen) atoms. The van der Waals surface area contributed by atoms with Crippen molar-refractivity contribution >= 4 is 17.5 Å². The van der Waals surface area contributed by atoms with Crippen molar-refractivity contribution in [2.24, 2.45) is 5.41 Å². The minimum absolute atomic E-state index is 0.0518. The van der Waals surface area contributed by atoms with Gasteiger partial charge in [-0.3, -0.25) is 14.5 Å². The Kier molecular flexibility index (Phi) is 5.91. The third-order valence-electron chi connectivity index (χ3n) is 6.42. The SMILES string of the molecule is CCC(=O)N1Cc2ccccc2CC2(CCN(Cc3ccc(NC(C)=O)cc3)C2)C1. The summed E-state index contributed by atoms with van der Waals surface area (Å²) in [7, 11) is 0. The highest BCUT2D eigenvalue weighted by Gasteiger charge is 2.42. The molecule has 1 N–H and O–H groups in total. The van der Waals surface area contributed by atoms with Crippen LogP contribution in [0.1, 0.15) is 43.4 Å². The van der Waals surface area contributed by atoms with Gasteiger partial charge in [-0.25, -0.2) is 0 Å². The largest absolute Gasteiger partial charge is 0.338 e. The summed E-state index contributed by atoms with van der Waals surface area (Å²) in [5.74, 6) is 0.196. The molecule has 0 aromatic heterocycles. The second-order valence-corrected chi connectivity index (χ2v) is 8.89. The topological polar surface area (TPSA) is 52.7 Å². The minimum Gasteiger partial charge on any atom is -0.338 e. The third-order valence-corrected chi connectivity index (χ3v) is 6.42. The molecule has 5 nitrogen and oxygen atoms in total. The number of carbonyl (C=O) groups is 2. The van der Waals surface area contributed by atoms with E-state index in [4.69, 9.17) is 0 Å². The third kappa shape index (κ3) is 4.57. The van der Waals surface area contributed by atoms with Crippen LogP contribution in [-0.2, 0) is 29.1 Å².